The number of benzene rings is 2. The second-order valence-corrected chi connectivity index (χ2v) is 8.83. The molecule has 1 amide bonds. The van der Waals surface area contributed by atoms with Crippen molar-refractivity contribution < 1.29 is 13.4 Å². The molecule has 156 valence electrons. The molecule has 4 aromatic rings. The van der Waals surface area contributed by atoms with Crippen LogP contribution in [0.25, 0.3) is 10.2 Å². The summed E-state index contributed by atoms with van der Waals surface area (Å²) in [7, 11) is -1.52. The van der Waals surface area contributed by atoms with E-state index >= 15 is 0 Å². The van der Waals surface area contributed by atoms with E-state index in [1.54, 1.807) is 47.4 Å². The van der Waals surface area contributed by atoms with Gasteiger partial charge in [-0.25, -0.2) is 9.19 Å². The minimum atomic E-state index is -1.52. The van der Waals surface area contributed by atoms with Gasteiger partial charge >= 0.3 is 6.01 Å². The third kappa shape index (κ3) is 4.47. The van der Waals surface area contributed by atoms with E-state index in [0.717, 1.165) is 20.9 Å². The summed E-state index contributed by atoms with van der Waals surface area (Å²) in [5, 5.41) is 9.94. The number of hydrogen-bond acceptors (Lipinski definition) is 8. The van der Waals surface area contributed by atoms with Crippen molar-refractivity contribution in [3.05, 3.63) is 70.6 Å². The van der Waals surface area contributed by atoms with Crippen molar-refractivity contribution >= 4 is 50.1 Å². The van der Waals surface area contributed by atoms with Crippen molar-refractivity contribution in [2.24, 2.45) is 0 Å². The Morgan fingerprint density at radius 1 is 1.23 bits per heavy atom. The number of carbonyl (C=O) groups excluding carboxylic acids is 1. The van der Waals surface area contributed by atoms with Crippen molar-refractivity contribution in [2.75, 3.05) is 11.2 Å². The summed E-state index contributed by atoms with van der Waals surface area (Å²) in [4.78, 5) is 23.1. The van der Waals surface area contributed by atoms with Gasteiger partial charge in [0.25, 0.3) is 5.91 Å². The van der Waals surface area contributed by atoms with E-state index in [0.29, 0.717) is 17.9 Å². The molecule has 31 heavy (non-hydrogen) atoms. The number of fused-ring (bicyclic) bond motifs is 1. The highest BCUT2D eigenvalue weighted by atomic mass is 32.2. The molecule has 8 nitrogen and oxygen atoms in total. The summed E-state index contributed by atoms with van der Waals surface area (Å²) in [5.74, 6) is -0.269. The first-order valence-electron chi connectivity index (χ1n) is 9.18. The van der Waals surface area contributed by atoms with E-state index in [4.69, 9.17) is 9.68 Å². The zero-order valence-corrected chi connectivity index (χ0v) is 18.3. The van der Waals surface area contributed by atoms with Crippen LogP contribution in [0.3, 0.4) is 0 Å². The summed E-state index contributed by atoms with van der Waals surface area (Å²) >= 11 is 1.55. The standard InChI is InChI=1S/C21H17N5O3S2/c1-13-19(20(27)25-31(2)28)24-21(29-13)26(15-9-7-14(11-22)8-10-15)12-18-23-16-5-3-4-6-17(16)30-18/h3-10H,12H2,1-2H3,(H,25,27). The fourth-order valence-corrected chi connectivity index (χ4v) is 4.31. The maximum Gasteiger partial charge on any atom is 0.303 e. The van der Waals surface area contributed by atoms with Gasteiger partial charge in [-0.1, -0.05) is 12.1 Å². The van der Waals surface area contributed by atoms with Crippen molar-refractivity contribution in [1.82, 2.24) is 14.7 Å². The van der Waals surface area contributed by atoms with Crippen LogP contribution in [0.4, 0.5) is 11.7 Å². The molecule has 4 rings (SSSR count). The van der Waals surface area contributed by atoms with Gasteiger partial charge in [-0.2, -0.15) is 10.2 Å². The summed E-state index contributed by atoms with van der Waals surface area (Å²) in [6, 6.07) is 17.1. The highest BCUT2D eigenvalue weighted by molar-refractivity contribution is 7.82. The van der Waals surface area contributed by atoms with Crippen molar-refractivity contribution in [3.63, 3.8) is 0 Å². The van der Waals surface area contributed by atoms with Gasteiger partial charge in [-0.15, -0.1) is 11.3 Å². The molecule has 0 fully saturated rings. The Hall–Kier alpha value is -3.55. The second-order valence-electron chi connectivity index (χ2n) is 6.61. The predicted octanol–water partition coefficient (Wildman–Crippen LogP) is 3.83. The molecule has 0 radical (unpaired) electrons. The molecular weight excluding hydrogens is 434 g/mol. The Bertz CT molecular complexity index is 1290. The quantitative estimate of drug-likeness (QED) is 0.474. The number of hydrogen-bond donors (Lipinski definition) is 1. The Morgan fingerprint density at radius 3 is 2.65 bits per heavy atom. The molecule has 2 aromatic heterocycles. The summed E-state index contributed by atoms with van der Waals surface area (Å²) in [6.07, 6.45) is 1.37. The molecule has 0 aliphatic carbocycles. The van der Waals surface area contributed by atoms with Gasteiger partial charge in [0, 0.05) is 11.9 Å². The van der Waals surface area contributed by atoms with Crippen molar-refractivity contribution in [2.45, 2.75) is 13.5 Å². The van der Waals surface area contributed by atoms with Gasteiger partial charge in [0.1, 0.15) is 21.8 Å². The number of thiazole rings is 1. The first-order chi connectivity index (χ1) is 14.9. The zero-order chi connectivity index (χ0) is 22.0. The largest absolute Gasteiger partial charge is 0.428 e. The average Bonchev–Trinajstić information content (AvgIpc) is 3.34. The number of nitriles is 1. The van der Waals surface area contributed by atoms with E-state index < -0.39 is 16.9 Å². The van der Waals surface area contributed by atoms with Gasteiger partial charge in [-0.3, -0.25) is 14.4 Å². The molecule has 10 heteroatoms. The molecule has 1 unspecified atom stereocenters. The van der Waals surface area contributed by atoms with Crippen LogP contribution in [0, 0.1) is 18.3 Å². The number of carbonyl (C=O) groups is 1. The third-order valence-electron chi connectivity index (χ3n) is 4.41. The van der Waals surface area contributed by atoms with Crippen LogP contribution < -0.4 is 9.62 Å². The van der Waals surface area contributed by atoms with Crippen LogP contribution in [-0.2, 0) is 17.5 Å². The lowest BCUT2D eigenvalue weighted by molar-refractivity contribution is 0.0977. The molecule has 0 bridgehead atoms. The van der Waals surface area contributed by atoms with E-state index in [1.807, 2.05) is 24.3 Å². The molecule has 2 heterocycles. The lowest BCUT2D eigenvalue weighted by Gasteiger charge is -2.19. The van der Waals surface area contributed by atoms with Crippen molar-refractivity contribution in [1.29, 1.82) is 5.26 Å². The van der Waals surface area contributed by atoms with Crippen LogP contribution in [0.2, 0.25) is 0 Å². The third-order valence-corrected chi connectivity index (χ3v) is 5.90. The highest BCUT2D eigenvalue weighted by Gasteiger charge is 2.23. The van der Waals surface area contributed by atoms with Gasteiger partial charge in [0.05, 0.1) is 28.4 Å². The maximum absolute atomic E-state index is 12.3. The summed E-state index contributed by atoms with van der Waals surface area (Å²) in [5.41, 5.74) is 2.22. The molecule has 1 atom stereocenters. The predicted molar refractivity (Wildman–Crippen MR) is 119 cm³/mol. The van der Waals surface area contributed by atoms with Gasteiger partial charge < -0.3 is 4.42 Å². The van der Waals surface area contributed by atoms with Crippen LogP contribution in [0.5, 0.6) is 0 Å². The number of nitrogens with zero attached hydrogens (tertiary/aromatic N) is 4. The minimum absolute atomic E-state index is 0.0631. The molecular formula is C21H17N5O3S2. The van der Waals surface area contributed by atoms with Gasteiger partial charge in [-0.05, 0) is 43.3 Å². The van der Waals surface area contributed by atoms with E-state index in [-0.39, 0.29) is 11.7 Å². The van der Waals surface area contributed by atoms with Crippen LogP contribution in [0.1, 0.15) is 26.8 Å². The molecule has 1 N–H and O–H groups in total. The first kappa shape index (κ1) is 20.7. The van der Waals surface area contributed by atoms with E-state index in [9.17, 15) is 9.00 Å². The lowest BCUT2D eigenvalue weighted by atomic mass is 10.2. The van der Waals surface area contributed by atoms with E-state index in [1.165, 1.54) is 6.26 Å². The van der Waals surface area contributed by atoms with Gasteiger partial charge in [0.2, 0.25) is 0 Å². The topological polar surface area (TPSA) is 112 Å². The smallest absolute Gasteiger partial charge is 0.303 e. The number of anilines is 2. The molecule has 0 aliphatic rings. The average molecular weight is 452 g/mol. The number of rotatable bonds is 6. The maximum atomic E-state index is 12.3. The van der Waals surface area contributed by atoms with Crippen LogP contribution in [0.15, 0.2) is 52.9 Å². The van der Waals surface area contributed by atoms with Crippen LogP contribution >= 0.6 is 11.3 Å². The molecule has 0 aliphatic heterocycles. The zero-order valence-electron chi connectivity index (χ0n) is 16.7. The molecule has 0 spiro atoms. The first-order valence-corrected chi connectivity index (χ1v) is 11.6. The Morgan fingerprint density at radius 2 is 1.97 bits per heavy atom. The summed E-state index contributed by atoms with van der Waals surface area (Å²) < 4.78 is 20.6. The monoisotopic (exact) mass is 451 g/mol. The number of aromatic nitrogens is 2. The number of amides is 1. The second kappa shape index (κ2) is 8.67. The Balaban J connectivity index is 1.74. The highest BCUT2D eigenvalue weighted by Crippen LogP contribution is 2.31. The van der Waals surface area contributed by atoms with E-state index in [2.05, 4.69) is 20.8 Å². The molecule has 0 saturated heterocycles. The number of oxazole rings is 1. The van der Waals surface area contributed by atoms with Crippen LogP contribution in [-0.4, -0.2) is 26.3 Å². The van der Waals surface area contributed by atoms with Crippen molar-refractivity contribution in [3.8, 4) is 6.07 Å². The summed E-state index contributed by atoms with van der Waals surface area (Å²) in [6.45, 7) is 1.98. The van der Waals surface area contributed by atoms with Gasteiger partial charge in [0.15, 0.2) is 5.69 Å². The number of aryl methyl sites for hydroxylation is 1. The SMILES string of the molecule is Cc1oc(N(Cc2nc3ccccc3s2)c2ccc(C#N)cc2)nc1C(=O)NS(C)=O. The number of nitrogens with one attached hydrogen (secondary N) is 1. The fourth-order valence-electron chi connectivity index (χ4n) is 3.00. The lowest BCUT2D eigenvalue weighted by Crippen LogP contribution is -2.25. The minimum Gasteiger partial charge on any atom is -0.428 e. The number of para-hydroxylation sites is 1. The normalized spacial score (nSPS) is 11.8. The Kier molecular flexibility index (Phi) is 5.79. The fraction of sp³-hybridized carbons (Fsp3) is 0.143. The molecule has 2 aromatic carbocycles. The Labute approximate surface area is 184 Å². The molecule has 0 saturated carbocycles.